The van der Waals surface area contributed by atoms with Crippen LogP contribution in [0.25, 0.3) is 10.2 Å². The molecule has 7 nitrogen and oxygen atoms in total. The zero-order chi connectivity index (χ0) is 20.7. The fourth-order valence-corrected chi connectivity index (χ4v) is 5.40. The van der Waals surface area contributed by atoms with E-state index in [1.54, 1.807) is 23.5 Å². The molecule has 1 aliphatic rings. The number of thiophene rings is 1. The van der Waals surface area contributed by atoms with Crippen molar-refractivity contribution in [3.8, 4) is 0 Å². The summed E-state index contributed by atoms with van der Waals surface area (Å²) >= 11 is 3.03. The van der Waals surface area contributed by atoms with Crippen LogP contribution in [0, 0.1) is 0 Å². The number of hydrogen-bond donors (Lipinski definition) is 2. The van der Waals surface area contributed by atoms with Crippen molar-refractivity contribution >= 4 is 55.7 Å². The summed E-state index contributed by atoms with van der Waals surface area (Å²) in [7, 11) is 0. The Balaban J connectivity index is 1.39. The van der Waals surface area contributed by atoms with E-state index in [0.717, 1.165) is 28.7 Å². The number of rotatable bonds is 4. The summed E-state index contributed by atoms with van der Waals surface area (Å²) < 4.78 is 1.02. The summed E-state index contributed by atoms with van der Waals surface area (Å²) in [6.45, 7) is 1.24. The van der Waals surface area contributed by atoms with E-state index < -0.39 is 5.97 Å². The van der Waals surface area contributed by atoms with Crippen molar-refractivity contribution in [2.45, 2.75) is 13.0 Å². The number of nitrogens with one attached hydrogen (secondary N) is 1. The number of carbonyl (C=O) groups excluding carboxylic acids is 1. The fraction of sp³-hybridized carbons (Fsp3) is 0.143. The monoisotopic (exact) mass is 436 g/mol. The van der Waals surface area contributed by atoms with Crippen LogP contribution in [0.1, 0.15) is 31.3 Å². The highest BCUT2D eigenvalue weighted by Gasteiger charge is 2.25. The van der Waals surface area contributed by atoms with Gasteiger partial charge in [0.25, 0.3) is 5.91 Å². The smallest absolute Gasteiger partial charge is 0.354 e. The SMILES string of the molecule is O=C(O)c1cccc(N2CCc3scc(C(=O)Nc4nc5ccccc5s4)c3C2)n1. The number of aromatic carboxylic acids is 1. The molecule has 5 rings (SSSR count). The van der Waals surface area contributed by atoms with Gasteiger partial charge in [-0.3, -0.25) is 10.1 Å². The number of hydrogen-bond acceptors (Lipinski definition) is 7. The Morgan fingerprint density at radius 2 is 1.97 bits per heavy atom. The Kier molecular flexibility index (Phi) is 4.68. The molecule has 4 aromatic rings. The second-order valence-corrected chi connectivity index (χ2v) is 8.84. The lowest BCUT2D eigenvalue weighted by atomic mass is 10.0. The highest BCUT2D eigenvalue weighted by Crippen LogP contribution is 2.32. The predicted octanol–water partition coefficient (Wildman–Crippen LogP) is 4.27. The molecule has 150 valence electrons. The van der Waals surface area contributed by atoms with Gasteiger partial charge in [-0.1, -0.05) is 29.5 Å². The zero-order valence-electron chi connectivity index (χ0n) is 15.7. The average molecular weight is 437 g/mol. The number of anilines is 2. The molecular formula is C21H16N4O3S2. The molecule has 0 atom stereocenters. The third-order valence-electron chi connectivity index (χ3n) is 4.97. The highest BCUT2D eigenvalue weighted by atomic mass is 32.1. The van der Waals surface area contributed by atoms with E-state index in [-0.39, 0.29) is 11.6 Å². The number of aromatic nitrogens is 2. The molecule has 1 aliphatic heterocycles. The number of para-hydroxylation sites is 1. The lowest BCUT2D eigenvalue weighted by molar-refractivity contribution is 0.0690. The molecular weight excluding hydrogens is 420 g/mol. The molecule has 3 aromatic heterocycles. The van der Waals surface area contributed by atoms with E-state index in [4.69, 9.17) is 0 Å². The van der Waals surface area contributed by atoms with Crippen LogP contribution in [0.5, 0.6) is 0 Å². The van der Waals surface area contributed by atoms with E-state index in [0.29, 0.717) is 23.1 Å². The van der Waals surface area contributed by atoms with Crippen molar-refractivity contribution in [3.05, 3.63) is 69.5 Å². The lowest BCUT2D eigenvalue weighted by Gasteiger charge is -2.28. The van der Waals surface area contributed by atoms with Gasteiger partial charge in [0, 0.05) is 23.3 Å². The number of fused-ring (bicyclic) bond motifs is 2. The van der Waals surface area contributed by atoms with Crippen molar-refractivity contribution in [3.63, 3.8) is 0 Å². The maximum atomic E-state index is 13.0. The first-order chi connectivity index (χ1) is 14.6. The van der Waals surface area contributed by atoms with Crippen LogP contribution < -0.4 is 10.2 Å². The summed E-state index contributed by atoms with van der Waals surface area (Å²) in [4.78, 5) is 36.1. The molecule has 0 saturated heterocycles. The molecule has 0 bridgehead atoms. The lowest BCUT2D eigenvalue weighted by Crippen LogP contribution is -2.31. The van der Waals surface area contributed by atoms with Gasteiger partial charge in [-0.15, -0.1) is 11.3 Å². The fourth-order valence-electron chi connectivity index (χ4n) is 3.51. The molecule has 4 heterocycles. The molecule has 0 spiro atoms. The van der Waals surface area contributed by atoms with Crippen LogP contribution >= 0.6 is 22.7 Å². The molecule has 0 saturated carbocycles. The normalized spacial score (nSPS) is 13.3. The van der Waals surface area contributed by atoms with Gasteiger partial charge in [0.05, 0.1) is 15.8 Å². The maximum absolute atomic E-state index is 13.0. The third-order valence-corrected chi connectivity index (χ3v) is 7.02. The number of carboxylic acid groups (broad SMARTS) is 1. The van der Waals surface area contributed by atoms with E-state index in [9.17, 15) is 14.7 Å². The molecule has 1 aromatic carbocycles. The Hall–Kier alpha value is -3.30. The first-order valence-electron chi connectivity index (χ1n) is 9.30. The van der Waals surface area contributed by atoms with Crippen LogP contribution in [0.2, 0.25) is 0 Å². The minimum atomic E-state index is -1.05. The Labute approximate surface area is 179 Å². The van der Waals surface area contributed by atoms with Gasteiger partial charge >= 0.3 is 5.97 Å². The van der Waals surface area contributed by atoms with Gasteiger partial charge in [0.15, 0.2) is 10.8 Å². The van der Waals surface area contributed by atoms with Crippen LogP contribution in [-0.2, 0) is 13.0 Å². The van der Waals surface area contributed by atoms with Gasteiger partial charge in [0.2, 0.25) is 0 Å². The van der Waals surface area contributed by atoms with Crippen molar-refractivity contribution in [1.82, 2.24) is 9.97 Å². The molecule has 1 amide bonds. The minimum absolute atomic E-state index is 0.0115. The van der Waals surface area contributed by atoms with Crippen molar-refractivity contribution in [2.75, 3.05) is 16.8 Å². The molecule has 0 fully saturated rings. The van der Waals surface area contributed by atoms with Gasteiger partial charge < -0.3 is 10.0 Å². The number of pyridine rings is 1. The second kappa shape index (κ2) is 7.51. The second-order valence-electron chi connectivity index (χ2n) is 6.85. The molecule has 0 radical (unpaired) electrons. The largest absolute Gasteiger partial charge is 0.477 e. The first-order valence-corrected chi connectivity index (χ1v) is 11.0. The zero-order valence-corrected chi connectivity index (χ0v) is 17.3. The van der Waals surface area contributed by atoms with Crippen molar-refractivity contribution < 1.29 is 14.7 Å². The average Bonchev–Trinajstić information content (AvgIpc) is 3.36. The topological polar surface area (TPSA) is 95.4 Å². The molecule has 0 unspecified atom stereocenters. The van der Waals surface area contributed by atoms with Crippen molar-refractivity contribution in [2.24, 2.45) is 0 Å². The standard InChI is InChI=1S/C21H16N4O3S2/c26-19(24-21-23-14-4-1-2-6-17(14)30-21)13-11-29-16-8-9-25(10-12(13)16)18-7-3-5-15(22-18)20(27)28/h1-7,11H,8-10H2,(H,27,28)(H,23,24,26). The molecule has 2 N–H and O–H groups in total. The van der Waals surface area contributed by atoms with Gasteiger partial charge in [-0.2, -0.15) is 0 Å². The highest BCUT2D eigenvalue weighted by molar-refractivity contribution is 7.22. The number of nitrogens with zero attached hydrogens (tertiary/aromatic N) is 3. The number of benzene rings is 1. The summed E-state index contributed by atoms with van der Waals surface area (Å²) in [5, 5.41) is 14.6. The summed E-state index contributed by atoms with van der Waals surface area (Å²) in [5.41, 5.74) is 2.47. The molecule has 30 heavy (non-hydrogen) atoms. The number of amides is 1. The van der Waals surface area contributed by atoms with E-state index in [1.165, 1.54) is 22.3 Å². The molecule has 9 heteroatoms. The number of thiazole rings is 1. The van der Waals surface area contributed by atoms with Gasteiger partial charge in [-0.05, 0) is 36.2 Å². The maximum Gasteiger partial charge on any atom is 0.354 e. The van der Waals surface area contributed by atoms with Crippen LogP contribution in [0.4, 0.5) is 10.9 Å². The minimum Gasteiger partial charge on any atom is -0.477 e. The van der Waals surface area contributed by atoms with E-state index in [2.05, 4.69) is 15.3 Å². The van der Waals surface area contributed by atoms with Gasteiger partial charge in [0.1, 0.15) is 5.82 Å². The quantitative estimate of drug-likeness (QED) is 0.496. The Bertz CT molecular complexity index is 1250. The third kappa shape index (κ3) is 3.42. The van der Waals surface area contributed by atoms with Crippen LogP contribution in [0.3, 0.4) is 0 Å². The van der Waals surface area contributed by atoms with E-state index >= 15 is 0 Å². The summed E-state index contributed by atoms with van der Waals surface area (Å²) in [5.74, 6) is -0.633. The number of carboxylic acids is 1. The number of carbonyl (C=O) groups is 2. The van der Waals surface area contributed by atoms with Gasteiger partial charge in [-0.25, -0.2) is 14.8 Å². The van der Waals surface area contributed by atoms with Crippen LogP contribution in [-0.4, -0.2) is 33.5 Å². The Morgan fingerprint density at radius 1 is 1.10 bits per heavy atom. The van der Waals surface area contributed by atoms with E-state index in [1.807, 2.05) is 34.5 Å². The first kappa shape index (κ1) is 18.7. The predicted molar refractivity (Wildman–Crippen MR) is 118 cm³/mol. The van der Waals surface area contributed by atoms with Crippen molar-refractivity contribution in [1.29, 1.82) is 0 Å². The Morgan fingerprint density at radius 3 is 2.80 bits per heavy atom. The van der Waals surface area contributed by atoms with Crippen LogP contribution in [0.15, 0.2) is 47.8 Å². The molecule has 0 aliphatic carbocycles. The summed E-state index contributed by atoms with van der Waals surface area (Å²) in [6, 6.07) is 12.7. The summed E-state index contributed by atoms with van der Waals surface area (Å²) in [6.07, 6.45) is 0.785.